The van der Waals surface area contributed by atoms with Crippen molar-refractivity contribution in [1.82, 2.24) is 4.90 Å². The molecule has 0 aromatic carbocycles. The highest BCUT2D eigenvalue weighted by molar-refractivity contribution is 9.09. The van der Waals surface area contributed by atoms with Crippen molar-refractivity contribution in [3.63, 3.8) is 0 Å². The van der Waals surface area contributed by atoms with Crippen LogP contribution in [0.3, 0.4) is 0 Å². The topological polar surface area (TPSA) is 23.5 Å². The molecule has 0 aliphatic heterocycles. The molecule has 3 atom stereocenters. The predicted molar refractivity (Wildman–Crippen MR) is 77.6 cm³/mol. The van der Waals surface area contributed by atoms with Crippen LogP contribution in [0.5, 0.6) is 0 Å². The van der Waals surface area contributed by atoms with Crippen LogP contribution in [-0.2, 0) is 0 Å². The van der Waals surface area contributed by atoms with Crippen molar-refractivity contribution in [1.29, 1.82) is 0 Å². The van der Waals surface area contributed by atoms with Crippen molar-refractivity contribution >= 4 is 15.9 Å². The van der Waals surface area contributed by atoms with Crippen LogP contribution in [-0.4, -0.2) is 41.1 Å². The van der Waals surface area contributed by atoms with E-state index in [4.69, 9.17) is 0 Å². The van der Waals surface area contributed by atoms with Gasteiger partial charge in [-0.15, -0.1) is 0 Å². The molecule has 3 unspecified atom stereocenters. The molecule has 0 radical (unpaired) electrons. The van der Waals surface area contributed by atoms with Gasteiger partial charge in [0.2, 0.25) is 0 Å². The average molecular weight is 306 g/mol. The molecule has 3 heteroatoms. The summed E-state index contributed by atoms with van der Waals surface area (Å²) in [6.07, 6.45) is 4.46. The molecule has 102 valence electrons. The summed E-state index contributed by atoms with van der Waals surface area (Å²) in [7, 11) is 2.17. The van der Waals surface area contributed by atoms with Crippen LogP contribution in [0.25, 0.3) is 0 Å². The molecule has 0 saturated heterocycles. The summed E-state index contributed by atoms with van der Waals surface area (Å²) in [6, 6.07) is 0.368. The zero-order valence-electron chi connectivity index (χ0n) is 11.7. The lowest BCUT2D eigenvalue weighted by molar-refractivity contribution is 0.0191. The molecule has 1 aliphatic carbocycles. The quantitative estimate of drug-likeness (QED) is 0.806. The molecule has 0 heterocycles. The van der Waals surface area contributed by atoms with E-state index in [9.17, 15) is 5.11 Å². The van der Waals surface area contributed by atoms with E-state index < -0.39 is 0 Å². The highest BCUT2D eigenvalue weighted by atomic mass is 79.9. The maximum Gasteiger partial charge on any atom is 0.0695 e. The van der Waals surface area contributed by atoms with Gasteiger partial charge in [0, 0.05) is 17.9 Å². The van der Waals surface area contributed by atoms with Gasteiger partial charge in [-0.2, -0.15) is 0 Å². The van der Waals surface area contributed by atoms with E-state index >= 15 is 0 Å². The number of aliphatic hydroxyl groups is 1. The molecule has 0 amide bonds. The first-order valence-corrected chi connectivity index (χ1v) is 7.92. The lowest BCUT2D eigenvalue weighted by atomic mass is 9.81. The van der Waals surface area contributed by atoms with Crippen LogP contribution in [0.4, 0.5) is 0 Å². The summed E-state index contributed by atoms with van der Waals surface area (Å²) < 4.78 is 0. The largest absolute Gasteiger partial charge is 0.391 e. The van der Waals surface area contributed by atoms with Gasteiger partial charge in [-0.1, -0.05) is 49.5 Å². The van der Waals surface area contributed by atoms with Crippen LogP contribution in [0.2, 0.25) is 0 Å². The molecule has 1 aliphatic rings. The number of alkyl halides is 1. The normalized spacial score (nSPS) is 28.4. The summed E-state index contributed by atoms with van der Waals surface area (Å²) in [5.41, 5.74) is 0.317. The van der Waals surface area contributed by atoms with E-state index in [0.29, 0.717) is 17.4 Å². The second-order valence-electron chi connectivity index (χ2n) is 6.58. The van der Waals surface area contributed by atoms with Crippen LogP contribution in [0.15, 0.2) is 0 Å². The summed E-state index contributed by atoms with van der Waals surface area (Å²) >= 11 is 3.63. The van der Waals surface area contributed by atoms with Gasteiger partial charge in [0.25, 0.3) is 0 Å². The number of rotatable bonds is 4. The third-order valence-corrected chi connectivity index (χ3v) is 4.96. The van der Waals surface area contributed by atoms with Crippen LogP contribution >= 0.6 is 15.9 Å². The molecule has 1 saturated carbocycles. The summed E-state index contributed by atoms with van der Waals surface area (Å²) in [5, 5.41) is 11.1. The Kier molecular flexibility index (Phi) is 5.94. The third kappa shape index (κ3) is 4.53. The van der Waals surface area contributed by atoms with Crippen LogP contribution in [0, 0.1) is 11.3 Å². The Morgan fingerprint density at radius 1 is 1.29 bits per heavy atom. The molecule has 0 aromatic rings. The van der Waals surface area contributed by atoms with Gasteiger partial charge >= 0.3 is 0 Å². The Morgan fingerprint density at radius 2 is 1.88 bits per heavy atom. The van der Waals surface area contributed by atoms with Crippen LogP contribution < -0.4 is 0 Å². The van der Waals surface area contributed by atoms with Gasteiger partial charge in [0.1, 0.15) is 0 Å². The smallest absolute Gasteiger partial charge is 0.0695 e. The van der Waals surface area contributed by atoms with Gasteiger partial charge in [-0.05, 0) is 31.2 Å². The van der Waals surface area contributed by atoms with E-state index in [2.05, 4.69) is 48.6 Å². The van der Waals surface area contributed by atoms with Crippen molar-refractivity contribution in [3.8, 4) is 0 Å². The molecule has 0 bridgehead atoms. The van der Waals surface area contributed by atoms with Crippen LogP contribution in [0.1, 0.15) is 46.5 Å². The van der Waals surface area contributed by atoms with Gasteiger partial charge in [0.15, 0.2) is 0 Å². The first-order chi connectivity index (χ1) is 7.86. The molecular weight excluding hydrogens is 278 g/mol. The monoisotopic (exact) mass is 305 g/mol. The van der Waals surface area contributed by atoms with Crippen molar-refractivity contribution in [2.75, 3.05) is 18.9 Å². The molecule has 1 N–H and O–H groups in total. The fraction of sp³-hybridized carbons (Fsp3) is 1.00. The number of hydrogen-bond donors (Lipinski definition) is 1. The Bertz CT molecular complexity index is 227. The molecule has 0 aromatic heterocycles. The van der Waals surface area contributed by atoms with E-state index in [1.807, 2.05) is 0 Å². The van der Waals surface area contributed by atoms with Crippen molar-refractivity contribution in [2.45, 2.75) is 58.6 Å². The SMILES string of the molecule is CN(CC(CBr)C(C)(C)C)C1CCCCC1O. The van der Waals surface area contributed by atoms with Crippen molar-refractivity contribution < 1.29 is 5.11 Å². The fourth-order valence-electron chi connectivity index (χ4n) is 2.64. The van der Waals surface area contributed by atoms with Crippen molar-refractivity contribution in [2.24, 2.45) is 11.3 Å². The standard InChI is InChI=1S/C14H28BrNO/c1-14(2,3)11(9-15)10-16(4)12-7-5-6-8-13(12)17/h11-13,17H,5-10H2,1-4H3. The second-order valence-corrected chi connectivity index (χ2v) is 7.22. The Hall–Kier alpha value is 0.400. The zero-order chi connectivity index (χ0) is 13.1. The molecule has 2 nitrogen and oxygen atoms in total. The molecule has 17 heavy (non-hydrogen) atoms. The van der Waals surface area contributed by atoms with Gasteiger partial charge in [-0.3, -0.25) is 0 Å². The number of halogens is 1. The van der Waals surface area contributed by atoms with E-state index in [0.717, 1.165) is 24.7 Å². The Labute approximate surface area is 115 Å². The Morgan fingerprint density at radius 3 is 2.35 bits per heavy atom. The molecule has 1 fully saturated rings. The first kappa shape index (κ1) is 15.5. The third-order valence-electron chi connectivity index (χ3n) is 4.18. The lowest BCUT2D eigenvalue weighted by Gasteiger charge is -2.39. The summed E-state index contributed by atoms with van der Waals surface area (Å²) in [6.45, 7) is 7.95. The minimum absolute atomic E-state index is 0.121. The predicted octanol–water partition coefficient (Wildman–Crippen LogP) is 3.28. The highest BCUT2D eigenvalue weighted by Crippen LogP contribution is 2.30. The molecule has 1 rings (SSSR count). The zero-order valence-corrected chi connectivity index (χ0v) is 13.3. The second kappa shape index (κ2) is 6.53. The highest BCUT2D eigenvalue weighted by Gasteiger charge is 2.31. The van der Waals surface area contributed by atoms with Crippen molar-refractivity contribution in [3.05, 3.63) is 0 Å². The van der Waals surface area contributed by atoms with E-state index in [-0.39, 0.29) is 6.10 Å². The van der Waals surface area contributed by atoms with Gasteiger partial charge < -0.3 is 10.0 Å². The summed E-state index contributed by atoms with van der Waals surface area (Å²) in [5.74, 6) is 0.627. The van der Waals surface area contributed by atoms with Gasteiger partial charge in [0.05, 0.1) is 6.10 Å². The first-order valence-electron chi connectivity index (χ1n) is 6.80. The lowest BCUT2D eigenvalue weighted by Crippen LogP contribution is -2.47. The maximum atomic E-state index is 10.1. The minimum Gasteiger partial charge on any atom is -0.391 e. The number of likely N-dealkylation sites (N-methyl/N-ethyl adjacent to an activating group) is 1. The number of nitrogens with zero attached hydrogens (tertiary/aromatic N) is 1. The van der Waals surface area contributed by atoms with E-state index in [1.165, 1.54) is 12.8 Å². The molecular formula is C14H28BrNO. The van der Waals surface area contributed by atoms with E-state index in [1.54, 1.807) is 0 Å². The Balaban J connectivity index is 2.54. The number of hydrogen-bond acceptors (Lipinski definition) is 2. The average Bonchev–Trinajstić information content (AvgIpc) is 2.24. The number of aliphatic hydroxyl groups excluding tert-OH is 1. The summed E-state index contributed by atoms with van der Waals surface area (Å²) in [4.78, 5) is 2.38. The maximum absolute atomic E-state index is 10.1. The minimum atomic E-state index is -0.121. The fourth-order valence-corrected chi connectivity index (χ4v) is 3.82. The van der Waals surface area contributed by atoms with Gasteiger partial charge in [-0.25, -0.2) is 0 Å². The molecule has 0 spiro atoms.